The van der Waals surface area contributed by atoms with Gasteiger partial charge in [0.1, 0.15) is 11.2 Å². The van der Waals surface area contributed by atoms with Crippen LogP contribution in [0, 0.1) is 0 Å². The number of fused-ring (bicyclic) bond motifs is 12. The van der Waals surface area contributed by atoms with Crippen LogP contribution in [-0.2, 0) is 0 Å². The summed E-state index contributed by atoms with van der Waals surface area (Å²) in [5, 5.41) is 9.05. The second-order valence-electron chi connectivity index (χ2n) is 14.8. The van der Waals surface area contributed by atoms with Crippen molar-refractivity contribution >= 4 is 87.4 Å². The lowest BCUT2D eigenvalue weighted by atomic mass is 10.1. The summed E-state index contributed by atoms with van der Waals surface area (Å²) in [7, 11) is 0. The smallest absolute Gasteiger partial charge is 0.240 e. The molecule has 0 amide bonds. The lowest BCUT2D eigenvalue weighted by molar-refractivity contribution is 0.669. The molecule has 0 fully saturated rings. The van der Waals surface area contributed by atoms with E-state index >= 15 is 0 Å². The monoisotopic (exact) mass is 742 g/mol. The van der Waals surface area contributed by atoms with Crippen molar-refractivity contribution in [3.63, 3.8) is 0 Å². The number of benzene rings is 8. The van der Waals surface area contributed by atoms with Crippen molar-refractivity contribution < 1.29 is 4.42 Å². The molecule has 0 saturated heterocycles. The Hall–Kier alpha value is -8.03. The Bertz CT molecular complexity index is 3590. The molecular formula is C51H30N6O. The molecular weight excluding hydrogens is 713 g/mol. The fourth-order valence-electron chi connectivity index (χ4n) is 9.27. The third-order valence-corrected chi connectivity index (χ3v) is 11.7. The fourth-order valence-corrected chi connectivity index (χ4v) is 9.27. The minimum Gasteiger partial charge on any atom is -0.456 e. The Morgan fingerprint density at radius 1 is 0.328 bits per heavy atom. The Morgan fingerprint density at radius 2 is 0.759 bits per heavy atom. The van der Waals surface area contributed by atoms with Gasteiger partial charge in [-0.2, -0.15) is 15.0 Å². The van der Waals surface area contributed by atoms with Crippen LogP contribution in [0.25, 0.3) is 116 Å². The minimum absolute atomic E-state index is 0.550. The maximum Gasteiger partial charge on any atom is 0.240 e. The van der Waals surface area contributed by atoms with Gasteiger partial charge in [0.25, 0.3) is 0 Å². The van der Waals surface area contributed by atoms with Gasteiger partial charge in [-0.05, 0) is 54.6 Å². The Labute approximate surface area is 330 Å². The van der Waals surface area contributed by atoms with Crippen LogP contribution in [0.1, 0.15) is 0 Å². The van der Waals surface area contributed by atoms with Gasteiger partial charge >= 0.3 is 0 Å². The first-order valence-corrected chi connectivity index (χ1v) is 19.5. The molecule has 0 aliphatic rings. The first-order chi connectivity index (χ1) is 28.8. The average Bonchev–Trinajstić information content (AvgIpc) is 4.02. The molecule has 0 aliphatic heterocycles. The van der Waals surface area contributed by atoms with E-state index in [0.29, 0.717) is 17.7 Å². The predicted molar refractivity (Wildman–Crippen MR) is 236 cm³/mol. The molecule has 8 aromatic carbocycles. The molecule has 0 spiro atoms. The number of hydrogen-bond donors (Lipinski definition) is 0. The van der Waals surface area contributed by atoms with Gasteiger partial charge in [-0.3, -0.25) is 9.13 Å². The summed E-state index contributed by atoms with van der Waals surface area (Å²) in [6, 6.07) is 63.7. The van der Waals surface area contributed by atoms with Gasteiger partial charge in [-0.15, -0.1) is 0 Å². The van der Waals surface area contributed by atoms with Crippen LogP contribution < -0.4 is 0 Å². The second-order valence-corrected chi connectivity index (χ2v) is 14.8. The number of hydrogen-bond acceptors (Lipinski definition) is 4. The standard InChI is InChI=1S/C51H30N6O/c1-7-20-39-36(18-1)37-29-28-31(30-45(37)55(39)44-25-13-27-47-48(44)38-19-6-12-26-46(38)58-47)49-52-50(56-40-21-8-2-14-32(40)33-15-3-9-22-41(33)56)54-51(53-49)57-42-23-10-4-16-34(42)35-17-5-11-24-43(35)57/h1-30H. The van der Waals surface area contributed by atoms with Crippen LogP contribution in [0.3, 0.4) is 0 Å². The van der Waals surface area contributed by atoms with E-state index in [2.05, 4.69) is 184 Å². The number of aromatic nitrogens is 6. The zero-order valence-corrected chi connectivity index (χ0v) is 30.9. The van der Waals surface area contributed by atoms with E-state index in [9.17, 15) is 0 Å². The minimum atomic E-state index is 0.550. The fraction of sp³-hybridized carbons (Fsp3) is 0. The third-order valence-electron chi connectivity index (χ3n) is 11.7. The summed E-state index contributed by atoms with van der Waals surface area (Å²) in [5.74, 6) is 1.68. The molecule has 0 aliphatic carbocycles. The van der Waals surface area contributed by atoms with E-state index in [1.54, 1.807) is 0 Å². The number of nitrogens with zero attached hydrogens (tertiary/aromatic N) is 6. The molecule has 5 heterocycles. The van der Waals surface area contributed by atoms with E-state index in [1.165, 1.54) is 5.39 Å². The van der Waals surface area contributed by atoms with Crippen molar-refractivity contribution in [1.82, 2.24) is 28.7 Å². The molecule has 0 N–H and O–H groups in total. The summed E-state index contributed by atoms with van der Waals surface area (Å²) >= 11 is 0. The Balaban J connectivity index is 1.13. The van der Waals surface area contributed by atoms with E-state index in [4.69, 9.17) is 19.4 Å². The highest BCUT2D eigenvalue weighted by molar-refractivity contribution is 6.15. The second kappa shape index (κ2) is 11.7. The lowest BCUT2D eigenvalue weighted by Gasteiger charge is -2.13. The van der Waals surface area contributed by atoms with Crippen LogP contribution in [0.4, 0.5) is 0 Å². The van der Waals surface area contributed by atoms with Gasteiger partial charge in [0.2, 0.25) is 11.9 Å². The average molecular weight is 743 g/mol. The molecule has 13 rings (SSSR count). The SMILES string of the molecule is c1ccc2c(c1)oc1cccc(-n3c4ccccc4c4ccc(-c5nc(-n6c7ccccc7c7ccccc76)nc(-n6c7ccccc7c7ccccc76)n5)cc43)c12. The maximum absolute atomic E-state index is 6.38. The van der Waals surface area contributed by atoms with Crippen molar-refractivity contribution in [2.24, 2.45) is 0 Å². The van der Waals surface area contributed by atoms with Gasteiger partial charge in [0.15, 0.2) is 5.82 Å². The maximum atomic E-state index is 6.38. The van der Waals surface area contributed by atoms with Gasteiger partial charge in [-0.25, -0.2) is 0 Å². The summed E-state index contributed by atoms with van der Waals surface area (Å²) in [6.45, 7) is 0. The van der Waals surface area contributed by atoms with Crippen LogP contribution in [0.2, 0.25) is 0 Å². The topological polar surface area (TPSA) is 66.6 Å². The molecule has 0 saturated carbocycles. The molecule has 0 atom stereocenters. The first-order valence-electron chi connectivity index (χ1n) is 19.5. The van der Waals surface area contributed by atoms with Gasteiger partial charge in [0, 0.05) is 43.3 Å². The number of para-hydroxylation sites is 6. The van der Waals surface area contributed by atoms with E-state index in [1.807, 2.05) is 12.1 Å². The number of furan rings is 1. The molecule has 5 aromatic heterocycles. The normalized spacial score (nSPS) is 12.1. The molecule has 270 valence electrons. The Morgan fingerprint density at radius 3 is 1.29 bits per heavy atom. The van der Waals surface area contributed by atoms with E-state index < -0.39 is 0 Å². The Kier molecular flexibility index (Phi) is 6.32. The van der Waals surface area contributed by atoms with E-state index in [0.717, 1.165) is 93.2 Å². The van der Waals surface area contributed by atoms with Crippen LogP contribution in [0.5, 0.6) is 0 Å². The van der Waals surface area contributed by atoms with Crippen molar-refractivity contribution in [3.8, 4) is 29.0 Å². The molecule has 0 unspecified atom stereocenters. The molecule has 0 radical (unpaired) electrons. The molecule has 13 aromatic rings. The lowest BCUT2D eigenvalue weighted by Crippen LogP contribution is -2.10. The van der Waals surface area contributed by atoms with Crippen molar-refractivity contribution in [2.75, 3.05) is 0 Å². The van der Waals surface area contributed by atoms with Crippen molar-refractivity contribution in [2.45, 2.75) is 0 Å². The van der Waals surface area contributed by atoms with Gasteiger partial charge < -0.3 is 8.98 Å². The highest BCUT2D eigenvalue weighted by Gasteiger charge is 2.22. The number of rotatable bonds is 4. The summed E-state index contributed by atoms with van der Waals surface area (Å²) in [5.41, 5.74) is 9.95. The van der Waals surface area contributed by atoms with Crippen LogP contribution in [0.15, 0.2) is 186 Å². The summed E-state index contributed by atoms with van der Waals surface area (Å²) < 4.78 is 13.1. The van der Waals surface area contributed by atoms with Crippen LogP contribution >= 0.6 is 0 Å². The summed E-state index contributed by atoms with van der Waals surface area (Å²) in [6.07, 6.45) is 0. The van der Waals surface area contributed by atoms with Crippen molar-refractivity contribution in [1.29, 1.82) is 0 Å². The quantitative estimate of drug-likeness (QED) is 0.180. The van der Waals surface area contributed by atoms with Crippen LogP contribution in [-0.4, -0.2) is 28.7 Å². The van der Waals surface area contributed by atoms with E-state index in [-0.39, 0.29) is 0 Å². The zero-order valence-electron chi connectivity index (χ0n) is 30.9. The van der Waals surface area contributed by atoms with Crippen molar-refractivity contribution in [3.05, 3.63) is 182 Å². The van der Waals surface area contributed by atoms with Gasteiger partial charge in [-0.1, -0.05) is 127 Å². The molecule has 7 heteroatoms. The van der Waals surface area contributed by atoms with Gasteiger partial charge in [0.05, 0.1) is 44.2 Å². The first kappa shape index (κ1) is 31.2. The summed E-state index contributed by atoms with van der Waals surface area (Å²) in [4.78, 5) is 16.1. The molecule has 7 nitrogen and oxygen atoms in total. The zero-order chi connectivity index (χ0) is 37.9. The highest BCUT2D eigenvalue weighted by atomic mass is 16.3. The largest absolute Gasteiger partial charge is 0.456 e. The molecule has 0 bridgehead atoms. The predicted octanol–water partition coefficient (Wildman–Crippen LogP) is 12.7. The third kappa shape index (κ3) is 4.30. The highest BCUT2D eigenvalue weighted by Crippen LogP contribution is 2.40. The molecule has 58 heavy (non-hydrogen) atoms.